The lowest BCUT2D eigenvalue weighted by Crippen LogP contribution is -2.29. The summed E-state index contributed by atoms with van der Waals surface area (Å²) >= 11 is 0. The quantitative estimate of drug-likeness (QED) is 0.787. The highest BCUT2D eigenvalue weighted by atomic mass is 16.2. The lowest BCUT2D eigenvalue weighted by Gasteiger charge is -2.15. The average molecular weight is 232 g/mol. The first kappa shape index (κ1) is 12.0. The largest absolute Gasteiger partial charge is 0.399 e. The van der Waals surface area contributed by atoms with E-state index in [9.17, 15) is 4.79 Å². The number of carbonyl (C=O) groups excluding carboxylic acids is 1. The van der Waals surface area contributed by atoms with Gasteiger partial charge in [0.25, 0.3) is 0 Å². The summed E-state index contributed by atoms with van der Waals surface area (Å²) in [6.07, 6.45) is 0.989. The smallest absolute Gasteiger partial charge is 0.224 e. The molecule has 1 aromatic rings. The third-order valence-electron chi connectivity index (χ3n) is 3.60. The molecule has 1 aliphatic carbocycles. The molecule has 0 aromatic heterocycles. The van der Waals surface area contributed by atoms with Crippen molar-refractivity contribution in [1.82, 2.24) is 5.32 Å². The van der Waals surface area contributed by atoms with Gasteiger partial charge in [-0.25, -0.2) is 0 Å². The highest BCUT2D eigenvalue weighted by Gasteiger charge is 2.50. The Hall–Kier alpha value is -1.51. The van der Waals surface area contributed by atoms with Crippen LogP contribution < -0.4 is 11.1 Å². The first-order valence-corrected chi connectivity index (χ1v) is 6.06. The molecular formula is C14H20N2O. The van der Waals surface area contributed by atoms with Crippen molar-refractivity contribution in [2.45, 2.75) is 33.2 Å². The van der Waals surface area contributed by atoms with E-state index >= 15 is 0 Å². The van der Waals surface area contributed by atoms with Gasteiger partial charge in [-0.3, -0.25) is 4.79 Å². The summed E-state index contributed by atoms with van der Waals surface area (Å²) in [6, 6.07) is 7.67. The van der Waals surface area contributed by atoms with Crippen LogP contribution in [0.2, 0.25) is 0 Å². The van der Waals surface area contributed by atoms with Crippen LogP contribution in [0.3, 0.4) is 0 Å². The van der Waals surface area contributed by atoms with E-state index in [0.717, 1.165) is 17.7 Å². The second-order valence-corrected chi connectivity index (χ2v) is 5.65. The van der Waals surface area contributed by atoms with Crippen LogP contribution in [0.4, 0.5) is 5.69 Å². The number of nitrogens with one attached hydrogen (secondary N) is 1. The predicted molar refractivity (Wildman–Crippen MR) is 69.3 cm³/mol. The van der Waals surface area contributed by atoms with Crippen LogP contribution in [0.25, 0.3) is 0 Å². The fourth-order valence-corrected chi connectivity index (χ4v) is 2.14. The van der Waals surface area contributed by atoms with E-state index in [1.165, 1.54) is 0 Å². The third kappa shape index (κ3) is 2.60. The van der Waals surface area contributed by atoms with Gasteiger partial charge in [0, 0.05) is 11.6 Å². The van der Waals surface area contributed by atoms with Crippen LogP contribution in [-0.4, -0.2) is 5.91 Å². The Balaban J connectivity index is 1.98. The van der Waals surface area contributed by atoms with Gasteiger partial charge >= 0.3 is 0 Å². The van der Waals surface area contributed by atoms with Crippen molar-refractivity contribution in [2.24, 2.45) is 11.3 Å². The van der Waals surface area contributed by atoms with E-state index in [1.807, 2.05) is 31.2 Å². The minimum Gasteiger partial charge on any atom is -0.399 e. The molecule has 0 saturated heterocycles. The Morgan fingerprint density at radius 2 is 2.18 bits per heavy atom. The maximum Gasteiger partial charge on any atom is 0.224 e. The highest BCUT2D eigenvalue weighted by molar-refractivity contribution is 5.82. The SMILES string of the molecule is CC(NC(=O)C1CC1(C)C)c1cccc(N)c1. The van der Waals surface area contributed by atoms with Crippen molar-refractivity contribution >= 4 is 11.6 Å². The number of rotatable bonds is 3. The summed E-state index contributed by atoms with van der Waals surface area (Å²) in [6.45, 7) is 6.24. The number of hydrogen-bond acceptors (Lipinski definition) is 2. The molecule has 1 amide bonds. The maximum atomic E-state index is 11.9. The lowest BCUT2D eigenvalue weighted by molar-refractivity contribution is -0.123. The van der Waals surface area contributed by atoms with E-state index in [2.05, 4.69) is 19.2 Å². The van der Waals surface area contributed by atoms with Crippen molar-refractivity contribution in [3.8, 4) is 0 Å². The normalized spacial score (nSPS) is 22.9. The second kappa shape index (κ2) is 4.06. The van der Waals surface area contributed by atoms with Crippen LogP contribution in [0.1, 0.15) is 38.8 Å². The Morgan fingerprint density at radius 1 is 1.53 bits per heavy atom. The van der Waals surface area contributed by atoms with Crippen LogP contribution in [0, 0.1) is 11.3 Å². The van der Waals surface area contributed by atoms with Crippen LogP contribution >= 0.6 is 0 Å². The van der Waals surface area contributed by atoms with Crippen molar-refractivity contribution in [3.63, 3.8) is 0 Å². The predicted octanol–water partition coefficient (Wildman–Crippen LogP) is 2.49. The topological polar surface area (TPSA) is 55.1 Å². The van der Waals surface area contributed by atoms with Gasteiger partial charge in [-0.05, 0) is 36.5 Å². The zero-order chi connectivity index (χ0) is 12.6. The molecule has 0 bridgehead atoms. The minimum atomic E-state index is 0.0161. The lowest BCUT2D eigenvalue weighted by atomic mass is 10.1. The fourth-order valence-electron chi connectivity index (χ4n) is 2.14. The standard InChI is InChI=1S/C14H20N2O/c1-9(10-5-4-6-11(15)7-10)16-13(17)12-8-14(12,2)3/h4-7,9,12H,8,15H2,1-3H3,(H,16,17). The molecule has 92 valence electrons. The molecule has 17 heavy (non-hydrogen) atoms. The summed E-state index contributed by atoms with van der Waals surface area (Å²) in [5, 5.41) is 3.05. The fraction of sp³-hybridized carbons (Fsp3) is 0.500. The number of hydrogen-bond donors (Lipinski definition) is 2. The Morgan fingerprint density at radius 3 is 2.71 bits per heavy atom. The molecule has 1 aliphatic rings. The van der Waals surface area contributed by atoms with Crippen molar-refractivity contribution in [2.75, 3.05) is 5.73 Å². The molecular weight excluding hydrogens is 212 g/mol. The van der Waals surface area contributed by atoms with Crippen molar-refractivity contribution in [1.29, 1.82) is 0 Å². The van der Waals surface area contributed by atoms with Crippen LogP contribution in [0.15, 0.2) is 24.3 Å². The molecule has 1 fully saturated rings. The van der Waals surface area contributed by atoms with Crippen LogP contribution in [0.5, 0.6) is 0 Å². The molecule has 3 heteroatoms. The van der Waals surface area contributed by atoms with Gasteiger partial charge < -0.3 is 11.1 Å². The number of nitrogen functional groups attached to an aromatic ring is 1. The van der Waals surface area contributed by atoms with E-state index < -0.39 is 0 Å². The Labute approximate surface area is 102 Å². The molecule has 0 heterocycles. The molecule has 1 aromatic carbocycles. The van der Waals surface area contributed by atoms with E-state index in [-0.39, 0.29) is 23.3 Å². The zero-order valence-electron chi connectivity index (χ0n) is 10.7. The molecule has 2 unspecified atom stereocenters. The van der Waals surface area contributed by atoms with Gasteiger partial charge in [-0.1, -0.05) is 26.0 Å². The van der Waals surface area contributed by atoms with Gasteiger partial charge in [0.05, 0.1) is 6.04 Å². The molecule has 2 rings (SSSR count). The van der Waals surface area contributed by atoms with Gasteiger partial charge in [0.2, 0.25) is 5.91 Å². The number of benzene rings is 1. The van der Waals surface area contributed by atoms with Gasteiger partial charge in [-0.15, -0.1) is 0 Å². The summed E-state index contributed by atoms with van der Waals surface area (Å²) < 4.78 is 0. The summed E-state index contributed by atoms with van der Waals surface area (Å²) in [5.74, 6) is 0.330. The van der Waals surface area contributed by atoms with Crippen LogP contribution in [-0.2, 0) is 4.79 Å². The van der Waals surface area contributed by atoms with Gasteiger partial charge in [0.15, 0.2) is 0 Å². The monoisotopic (exact) mass is 232 g/mol. The van der Waals surface area contributed by atoms with E-state index in [4.69, 9.17) is 5.73 Å². The molecule has 3 nitrogen and oxygen atoms in total. The number of amides is 1. The maximum absolute atomic E-state index is 11.9. The first-order chi connectivity index (χ1) is 7.90. The van der Waals surface area contributed by atoms with Gasteiger partial charge in [-0.2, -0.15) is 0 Å². The Kier molecular flexibility index (Phi) is 2.86. The summed E-state index contributed by atoms with van der Waals surface area (Å²) in [4.78, 5) is 11.9. The number of nitrogens with two attached hydrogens (primary N) is 1. The van der Waals surface area contributed by atoms with E-state index in [0.29, 0.717) is 0 Å². The minimum absolute atomic E-state index is 0.0161. The summed E-state index contributed by atoms with van der Waals surface area (Å²) in [7, 11) is 0. The zero-order valence-corrected chi connectivity index (χ0v) is 10.7. The Bertz CT molecular complexity index is 440. The van der Waals surface area contributed by atoms with E-state index in [1.54, 1.807) is 0 Å². The first-order valence-electron chi connectivity index (χ1n) is 6.06. The highest BCUT2D eigenvalue weighted by Crippen LogP contribution is 2.51. The summed E-state index contributed by atoms with van der Waals surface area (Å²) in [5.41, 5.74) is 7.69. The number of anilines is 1. The van der Waals surface area contributed by atoms with Crippen molar-refractivity contribution in [3.05, 3.63) is 29.8 Å². The molecule has 2 atom stereocenters. The number of carbonyl (C=O) groups is 1. The molecule has 0 aliphatic heterocycles. The second-order valence-electron chi connectivity index (χ2n) is 5.65. The van der Waals surface area contributed by atoms with Crippen molar-refractivity contribution < 1.29 is 4.79 Å². The molecule has 0 spiro atoms. The third-order valence-corrected chi connectivity index (χ3v) is 3.60. The average Bonchev–Trinajstić information content (AvgIpc) is 2.88. The van der Waals surface area contributed by atoms with Gasteiger partial charge in [0.1, 0.15) is 0 Å². The molecule has 3 N–H and O–H groups in total. The molecule has 1 saturated carbocycles. The molecule has 0 radical (unpaired) electrons.